The lowest BCUT2D eigenvalue weighted by atomic mass is 10.3. The monoisotopic (exact) mass is 222 g/mol. The Kier molecular flexibility index (Phi) is 2.38. The molecule has 0 amide bonds. The van der Waals surface area contributed by atoms with Crippen molar-refractivity contribution in [1.82, 2.24) is 9.66 Å². The molecule has 82 valence electrons. The van der Waals surface area contributed by atoms with Crippen LogP contribution in [0.1, 0.15) is 0 Å². The van der Waals surface area contributed by atoms with Gasteiger partial charge in [-0.2, -0.15) is 0 Å². The maximum atomic E-state index is 4.14. The molecule has 0 aliphatic heterocycles. The summed E-state index contributed by atoms with van der Waals surface area (Å²) in [6.07, 6.45) is 3.58. The normalized spacial score (nSPS) is 11.3. The van der Waals surface area contributed by atoms with Crippen molar-refractivity contribution >= 4 is 16.7 Å². The lowest BCUT2D eigenvalue weighted by Crippen LogP contribution is -1.83. The number of fused-ring (bicyclic) bond motifs is 1. The van der Waals surface area contributed by atoms with E-state index in [0.29, 0.717) is 5.82 Å². The Bertz CT molecular complexity index is 655. The van der Waals surface area contributed by atoms with Crippen molar-refractivity contribution in [3.05, 3.63) is 60.9 Å². The summed E-state index contributed by atoms with van der Waals surface area (Å²) >= 11 is 0. The van der Waals surface area contributed by atoms with Crippen LogP contribution in [-0.2, 0) is 0 Å². The first-order valence-electron chi connectivity index (χ1n) is 5.33. The Morgan fingerprint density at radius 3 is 2.71 bits per heavy atom. The molecule has 17 heavy (non-hydrogen) atoms. The maximum Gasteiger partial charge on any atom is 0.176 e. The SMILES string of the molecule is c1ccc(N=Nn2ccc3ccccc32)nc1. The van der Waals surface area contributed by atoms with E-state index in [1.165, 1.54) is 0 Å². The van der Waals surface area contributed by atoms with E-state index in [1.54, 1.807) is 10.9 Å². The summed E-state index contributed by atoms with van der Waals surface area (Å²) in [5.41, 5.74) is 1.03. The zero-order valence-corrected chi connectivity index (χ0v) is 9.06. The average molecular weight is 222 g/mol. The molecule has 4 nitrogen and oxygen atoms in total. The lowest BCUT2D eigenvalue weighted by molar-refractivity contribution is 0.834. The highest BCUT2D eigenvalue weighted by Gasteiger charge is 1.97. The number of rotatable bonds is 2. The van der Waals surface area contributed by atoms with Crippen LogP contribution in [-0.4, -0.2) is 9.66 Å². The highest BCUT2D eigenvalue weighted by atomic mass is 15.5. The van der Waals surface area contributed by atoms with Crippen molar-refractivity contribution in [3.63, 3.8) is 0 Å². The van der Waals surface area contributed by atoms with Crippen molar-refractivity contribution < 1.29 is 0 Å². The fourth-order valence-electron chi connectivity index (χ4n) is 1.65. The summed E-state index contributed by atoms with van der Waals surface area (Å²) in [5, 5.41) is 9.37. The highest BCUT2D eigenvalue weighted by Crippen LogP contribution is 2.16. The zero-order chi connectivity index (χ0) is 11.5. The van der Waals surface area contributed by atoms with Crippen LogP contribution in [0, 0.1) is 0 Å². The molecule has 1 aromatic carbocycles. The minimum Gasteiger partial charge on any atom is -0.236 e. The first kappa shape index (κ1) is 9.72. The largest absolute Gasteiger partial charge is 0.236 e. The van der Waals surface area contributed by atoms with Crippen LogP contribution in [0.3, 0.4) is 0 Å². The minimum absolute atomic E-state index is 0.602. The molecule has 0 radical (unpaired) electrons. The smallest absolute Gasteiger partial charge is 0.176 e. The number of para-hydroxylation sites is 1. The second kappa shape index (κ2) is 4.17. The van der Waals surface area contributed by atoms with Gasteiger partial charge in [0.25, 0.3) is 0 Å². The van der Waals surface area contributed by atoms with E-state index in [9.17, 15) is 0 Å². The van der Waals surface area contributed by atoms with Gasteiger partial charge in [-0.15, -0.1) is 5.11 Å². The Balaban J connectivity index is 1.98. The second-order valence-electron chi connectivity index (χ2n) is 3.60. The molecule has 4 heteroatoms. The molecule has 0 unspecified atom stereocenters. The second-order valence-corrected chi connectivity index (χ2v) is 3.60. The first-order valence-corrected chi connectivity index (χ1v) is 5.33. The minimum atomic E-state index is 0.602. The van der Waals surface area contributed by atoms with Gasteiger partial charge in [0.15, 0.2) is 5.82 Å². The topological polar surface area (TPSA) is 42.5 Å². The van der Waals surface area contributed by atoms with Crippen molar-refractivity contribution in [2.75, 3.05) is 0 Å². The van der Waals surface area contributed by atoms with E-state index in [1.807, 2.05) is 54.7 Å². The fourth-order valence-corrected chi connectivity index (χ4v) is 1.65. The molecule has 0 aliphatic carbocycles. The standard InChI is InChI=1S/C13H10N4/c1-2-6-12-11(5-1)8-10-17(12)16-15-13-7-3-4-9-14-13/h1-10H. The summed E-state index contributed by atoms with van der Waals surface area (Å²) < 4.78 is 1.74. The molecule has 2 heterocycles. The van der Waals surface area contributed by atoms with Crippen molar-refractivity contribution in [2.24, 2.45) is 10.3 Å². The van der Waals surface area contributed by atoms with Crippen LogP contribution < -0.4 is 0 Å². The third-order valence-corrected chi connectivity index (χ3v) is 2.47. The molecule has 0 bridgehead atoms. The van der Waals surface area contributed by atoms with E-state index in [-0.39, 0.29) is 0 Å². The quantitative estimate of drug-likeness (QED) is 0.611. The molecule has 0 atom stereocenters. The van der Waals surface area contributed by atoms with Gasteiger partial charge in [-0.25, -0.2) is 9.66 Å². The number of benzene rings is 1. The van der Waals surface area contributed by atoms with Gasteiger partial charge in [0, 0.05) is 17.8 Å². The van der Waals surface area contributed by atoms with Crippen LogP contribution in [0.4, 0.5) is 5.82 Å². The molecule has 3 aromatic rings. The van der Waals surface area contributed by atoms with E-state index in [0.717, 1.165) is 10.9 Å². The summed E-state index contributed by atoms with van der Waals surface area (Å²) in [6.45, 7) is 0. The van der Waals surface area contributed by atoms with Crippen LogP contribution >= 0.6 is 0 Å². The van der Waals surface area contributed by atoms with Gasteiger partial charge >= 0.3 is 0 Å². The first-order chi connectivity index (χ1) is 8.43. The summed E-state index contributed by atoms with van der Waals surface area (Å²) in [6, 6.07) is 15.6. The number of aromatic nitrogens is 2. The fraction of sp³-hybridized carbons (Fsp3) is 0. The molecule has 0 saturated carbocycles. The Labute approximate surface area is 98.2 Å². The van der Waals surface area contributed by atoms with Crippen LogP contribution in [0.25, 0.3) is 10.9 Å². The van der Waals surface area contributed by atoms with Crippen molar-refractivity contribution in [3.8, 4) is 0 Å². The van der Waals surface area contributed by atoms with Crippen LogP contribution in [0.5, 0.6) is 0 Å². The molecular weight excluding hydrogens is 212 g/mol. The van der Waals surface area contributed by atoms with Gasteiger partial charge in [0.05, 0.1) is 5.52 Å². The third kappa shape index (κ3) is 1.92. The molecule has 0 aliphatic rings. The number of pyridine rings is 1. The highest BCUT2D eigenvalue weighted by molar-refractivity contribution is 5.79. The maximum absolute atomic E-state index is 4.14. The molecular formula is C13H10N4. The summed E-state index contributed by atoms with van der Waals surface area (Å²) in [7, 11) is 0. The molecule has 2 aromatic heterocycles. The number of nitrogens with zero attached hydrogens (tertiary/aromatic N) is 4. The van der Waals surface area contributed by atoms with E-state index < -0.39 is 0 Å². The van der Waals surface area contributed by atoms with Crippen molar-refractivity contribution in [2.45, 2.75) is 0 Å². The van der Waals surface area contributed by atoms with Gasteiger partial charge in [-0.3, -0.25) is 0 Å². The molecule has 0 saturated heterocycles. The van der Waals surface area contributed by atoms with Gasteiger partial charge < -0.3 is 0 Å². The molecule has 0 spiro atoms. The van der Waals surface area contributed by atoms with Gasteiger partial charge in [0.2, 0.25) is 0 Å². The summed E-state index contributed by atoms with van der Waals surface area (Å²) in [4.78, 5) is 4.08. The van der Waals surface area contributed by atoms with Gasteiger partial charge in [0.1, 0.15) is 0 Å². The predicted molar refractivity (Wildman–Crippen MR) is 66.1 cm³/mol. The molecule has 0 fully saturated rings. The number of hydrogen-bond acceptors (Lipinski definition) is 3. The molecule has 3 rings (SSSR count). The lowest BCUT2D eigenvalue weighted by Gasteiger charge is -1.95. The summed E-state index contributed by atoms with van der Waals surface area (Å²) in [5.74, 6) is 0.602. The third-order valence-electron chi connectivity index (χ3n) is 2.47. The average Bonchev–Trinajstić information content (AvgIpc) is 2.81. The van der Waals surface area contributed by atoms with Crippen LogP contribution in [0.15, 0.2) is 71.3 Å². The Hall–Kier alpha value is -2.49. The van der Waals surface area contributed by atoms with Crippen molar-refractivity contribution in [1.29, 1.82) is 0 Å². The number of hydrogen-bond donors (Lipinski definition) is 0. The molecule has 0 N–H and O–H groups in total. The van der Waals surface area contributed by atoms with E-state index in [4.69, 9.17) is 0 Å². The van der Waals surface area contributed by atoms with Crippen LogP contribution in [0.2, 0.25) is 0 Å². The van der Waals surface area contributed by atoms with Gasteiger partial charge in [-0.05, 0) is 24.3 Å². The Morgan fingerprint density at radius 1 is 0.941 bits per heavy atom. The predicted octanol–water partition coefficient (Wildman–Crippen LogP) is 3.58. The Morgan fingerprint density at radius 2 is 1.82 bits per heavy atom. The van der Waals surface area contributed by atoms with E-state index >= 15 is 0 Å². The van der Waals surface area contributed by atoms with E-state index in [2.05, 4.69) is 15.3 Å². The van der Waals surface area contributed by atoms with Gasteiger partial charge in [-0.1, -0.05) is 29.5 Å². The zero-order valence-electron chi connectivity index (χ0n) is 9.06.